The zero-order chi connectivity index (χ0) is 40.7. The standard InChI is InChI=1S/C57H46N2O/c1-3-60-57-36-34-56(35-37-57)59(52-12-8-5-9-13-52)55-32-24-44(25-33-55)17-19-46-21-27-48-40-49-38-45(20-26-47(49)41-50(48)39-46)18-16-43-22-30-54(31-23-43)58(51-10-6-4-7-11-51)53-28-14-42(2)15-29-53/h4-41H,3H2,1-2H3/b18-16-,19-17-. The van der Waals surface area contributed by atoms with Gasteiger partial charge in [-0.1, -0.05) is 127 Å². The van der Waals surface area contributed by atoms with Gasteiger partial charge in [0.1, 0.15) is 5.75 Å². The van der Waals surface area contributed by atoms with Crippen molar-refractivity contribution in [3.8, 4) is 5.75 Å². The van der Waals surface area contributed by atoms with Gasteiger partial charge in [0.15, 0.2) is 0 Å². The third-order valence-corrected chi connectivity index (χ3v) is 10.8. The normalized spacial score (nSPS) is 11.4. The maximum absolute atomic E-state index is 5.70. The summed E-state index contributed by atoms with van der Waals surface area (Å²) in [4.78, 5) is 4.56. The smallest absolute Gasteiger partial charge is 0.119 e. The van der Waals surface area contributed by atoms with Gasteiger partial charge in [-0.2, -0.15) is 0 Å². The summed E-state index contributed by atoms with van der Waals surface area (Å²) in [6, 6.07) is 73.5. The lowest BCUT2D eigenvalue weighted by molar-refractivity contribution is 0.340. The molecule has 0 amide bonds. The van der Waals surface area contributed by atoms with Crippen LogP contribution in [0.3, 0.4) is 0 Å². The lowest BCUT2D eigenvalue weighted by atomic mass is 9.99. The van der Waals surface area contributed by atoms with E-state index in [-0.39, 0.29) is 0 Å². The highest BCUT2D eigenvalue weighted by atomic mass is 16.5. The third kappa shape index (κ3) is 8.62. The molecule has 60 heavy (non-hydrogen) atoms. The summed E-state index contributed by atoms with van der Waals surface area (Å²) in [5.41, 5.74) is 12.6. The van der Waals surface area contributed by atoms with Crippen LogP contribution in [0.15, 0.2) is 206 Å². The van der Waals surface area contributed by atoms with Crippen molar-refractivity contribution in [2.24, 2.45) is 0 Å². The number of rotatable bonds is 12. The van der Waals surface area contributed by atoms with Crippen LogP contribution in [0.2, 0.25) is 0 Å². The molecule has 290 valence electrons. The molecule has 0 heterocycles. The van der Waals surface area contributed by atoms with Crippen LogP contribution in [0.1, 0.15) is 34.7 Å². The number of hydrogen-bond acceptors (Lipinski definition) is 3. The fourth-order valence-corrected chi connectivity index (χ4v) is 7.70. The first kappa shape index (κ1) is 37.9. The van der Waals surface area contributed by atoms with Crippen LogP contribution in [0, 0.1) is 6.92 Å². The Balaban J connectivity index is 0.896. The number of aryl methyl sites for hydroxylation is 1. The van der Waals surface area contributed by atoms with E-state index >= 15 is 0 Å². The molecule has 9 rings (SSSR count). The van der Waals surface area contributed by atoms with E-state index in [2.05, 4.69) is 229 Å². The molecule has 3 heteroatoms. The molecule has 0 atom stereocenters. The van der Waals surface area contributed by atoms with E-state index in [1.165, 1.54) is 38.2 Å². The summed E-state index contributed by atoms with van der Waals surface area (Å²) in [7, 11) is 0. The highest BCUT2D eigenvalue weighted by molar-refractivity contribution is 6.00. The predicted octanol–water partition coefficient (Wildman–Crippen LogP) is 16.0. The van der Waals surface area contributed by atoms with Crippen molar-refractivity contribution in [3.05, 3.63) is 234 Å². The number of anilines is 6. The molecule has 0 saturated carbocycles. The first-order valence-corrected chi connectivity index (χ1v) is 20.6. The molecule has 0 fully saturated rings. The van der Waals surface area contributed by atoms with Crippen molar-refractivity contribution in [2.75, 3.05) is 16.4 Å². The van der Waals surface area contributed by atoms with Crippen LogP contribution < -0.4 is 14.5 Å². The van der Waals surface area contributed by atoms with Crippen LogP contribution in [0.25, 0.3) is 45.8 Å². The Morgan fingerprint density at radius 1 is 0.350 bits per heavy atom. The van der Waals surface area contributed by atoms with Crippen molar-refractivity contribution in [3.63, 3.8) is 0 Å². The van der Waals surface area contributed by atoms with Crippen LogP contribution >= 0.6 is 0 Å². The second kappa shape index (κ2) is 17.5. The maximum Gasteiger partial charge on any atom is 0.119 e. The van der Waals surface area contributed by atoms with E-state index in [0.717, 1.165) is 51.0 Å². The number of nitrogens with zero attached hydrogens (tertiary/aromatic N) is 2. The molecule has 0 aliphatic heterocycles. The molecular formula is C57H46N2O. The van der Waals surface area contributed by atoms with E-state index in [1.54, 1.807) is 0 Å². The van der Waals surface area contributed by atoms with Gasteiger partial charge in [0.2, 0.25) is 0 Å². The summed E-state index contributed by atoms with van der Waals surface area (Å²) in [6.07, 6.45) is 8.78. The monoisotopic (exact) mass is 774 g/mol. The maximum atomic E-state index is 5.70. The molecule has 0 aromatic heterocycles. The van der Waals surface area contributed by atoms with E-state index in [0.29, 0.717) is 6.61 Å². The number of benzene rings is 9. The van der Waals surface area contributed by atoms with E-state index in [1.807, 2.05) is 25.1 Å². The topological polar surface area (TPSA) is 15.7 Å². The second-order valence-electron chi connectivity index (χ2n) is 15.0. The van der Waals surface area contributed by atoms with Gasteiger partial charge in [0.05, 0.1) is 6.61 Å². The number of ether oxygens (including phenoxy) is 1. The predicted molar refractivity (Wildman–Crippen MR) is 257 cm³/mol. The molecule has 0 saturated heterocycles. The summed E-state index contributed by atoms with van der Waals surface area (Å²) in [5.74, 6) is 0.874. The molecule has 0 bridgehead atoms. The van der Waals surface area contributed by atoms with E-state index < -0.39 is 0 Å². The SMILES string of the molecule is CCOc1ccc(N(c2ccccc2)c2ccc(/C=C\c3ccc4cc5cc(/C=C\c6ccc(N(c7ccccc7)c7ccc(C)cc7)cc6)ccc5cc4c3)cc2)cc1. The molecule has 0 aliphatic rings. The molecule has 0 N–H and O–H groups in total. The van der Waals surface area contributed by atoms with Crippen LogP contribution in [0.4, 0.5) is 34.1 Å². The van der Waals surface area contributed by atoms with Gasteiger partial charge in [-0.25, -0.2) is 0 Å². The second-order valence-corrected chi connectivity index (χ2v) is 15.0. The van der Waals surface area contributed by atoms with Gasteiger partial charge < -0.3 is 14.5 Å². The Labute approximate surface area is 353 Å². The van der Waals surface area contributed by atoms with E-state index in [9.17, 15) is 0 Å². The highest BCUT2D eigenvalue weighted by Crippen LogP contribution is 2.37. The van der Waals surface area contributed by atoms with Gasteiger partial charge in [-0.3, -0.25) is 0 Å². The summed E-state index contributed by atoms with van der Waals surface area (Å²) in [5, 5.41) is 4.92. The number of para-hydroxylation sites is 2. The molecule has 3 nitrogen and oxygen atoms in total. The van der Waals surface area contributed by atoms with Crippen molar-refractivity contribution < 1.29 is 4.74 Å². The summed E-state index contributed by atoms with van der Waals surface area (Å²) < 4.78 is 5.70. The van der Waals surface area contributed by atoms with Gasteiger partial charge in [0.25, 0.3) is 0 Å². The average molecular weight is 775 g/mol. The Bertz CT molecular complexity index is 2900. The Morgan fingerprint density at radius 2 is 0.700 bits per heavy atom. The van der Waals surface area contributed by atoms with Crippen LogP contribution in [0.5, 0.6) is 5.75 Å². The van der Waals surface area contributed by atoms with Crippen molar-refractivity contribution in [2.45, 2.75) is 13.8 Å². The third-order valence-electron chi connectivity index (χ3n) is 10.8. The van der Waals surface area contributed by atoms with Crippen molar-refractivity contribution in [1.29, 1.82) is 0 Å². The van der Waals surface area contributed by atoms with Crippen LogP contribution in [-0.4, -0.2) is 6.61 Å². The Morgan fingerprint density at radius 3 is 1.12 bits per heavy atom. The van der Waals surface area contributed by atoms with Gasteiger partial charge in [-0.05, 0) is 167 Å². The lowest BCUT2D eigenvalue weighted by Crippen LogP contribution is -2.09. The number of fused-ring (bicyclic) bond motifs is 2. The zero-order valence-corrected chi connectivity index (χ0v) is 33.9. The molecule has 0 radical (unpaired) electrons. The summed E-state index contributed by atoms with van der Waals surface area (Å²) >= 11 is 0. The first-order valence-electron chi connectivity index (χ1n) is 20.6. The quantitative estimate of drug-likeness (QED) is 0.0908. The molecular weight excluding hydrogens is 729 g/mol. The molecule has 0 aliphatic carbocycles. The van der Waals surface area contributed by atoms with Gasteiger partial charge in [-0.15, -0.1) is 0 Å². The van der Waals surface area contributed by atoms with Crippen molar-refractivity contribution in [1.82, 2.24) is 0 Å². The minimum Gasteiger partial charge on any atom is -0.494 e. The largest absolute Gasteiger partial charge is 0.494 e. The molecule has 0 unspecified atom stereocenters. The summed E-state index contributed by atoms with van der Waals surface area (Å²) in [6.45, 7) is 4.78. The average Bonchev–Trinajstić information content (AvgIpc) is 3.30. The Kier molecular flexibility index (Phi) is 11.0. The zero-order valence-electron chi connectivity index (χ0n) is 33.9. The minimum absolute atomic E-state index is 0.648. The van der Waals surface area contributed by atoms with E-state index in [4.69, 9.17) is 4.74 Å². The molecule has 9 aromatic carbocycles. The molecule has 0 spiro atoms. The lowest BCUT2D eigenvalue weighted by Gasteiger charge is -2.25. The first-order chi connectivity index (χ1) is 29.6. The number of hydrogen-bond donors (Lipinski definition) is 0. The Hall–Kier alpha value is -7.62. The molecule has 9 aromatic rings. The van der Waals surface area contributed by atoms with Crippen LogP contribution in [-0.2, 0) is 0 Å². The fraction of sp³-hybridized carbons (Fsp3) is 0.0526. The highest BCUT2D eigenvalue weighted by Gasteiger charge is 2.13. The van der Waals surface area contributed by atoms with Gasteiger partial charge in [0, 0.05) is 34.1 Å². The van der Waals surface area contributed by atoms with Crippen molar-refractivity contribution >= 4 is 80.0 Å². The fourth-order valence-electron chi connectivity index (χ4n) is 7.70. The van der Waals surface area contributed by atoms with Gasteiger partial charge >= 0.3 is 0 Å². The minimum atomic E-state index is 0.648.